The van der Waals surface area contributed by atoms with Crippen molar-refractivity contribution in [3.63, 3.8) is 0 Å². The van der Waals surface area contributed by atoms with Crippen LogP contribution in [0.2, 0.25) is 0 Å². The SMILES string of the molecule is Cc1nc(CN2CCCC(NC(C)C)C2)cs1. The first kappa shape index (κ1) is 13.0. The second kappa shape index (κ2) is 5.94. The minimum atomic E-state index is 0.585. The van der Waals surface area contributed by atoms with E-state index < -0.39 is 0 Å². The summed E-state index contributed by atoms with van der Waals surface area (Å²) in [5.74, 6) is 0. The van der Waals surface area contributed by atoms with Crippen molar-refractivity contribution in [3.05, 3.63) is 16.1 Å². The molecule has 0 aliphatic carbocycles. The summed E-state index contributed by atoms with van der Waals surface area (Å²) in [7, 11) is 0. The molecular weight excluding hydrogens is 230 g/mol. The minimum absolute atomic E-state index is 0.585. The summed E-state index contributed by atoms with van der Waals surface area (Å²) in [6.45, 7) is 9.92. The van der Waals surface area contributed by atoms with Crippen molar-refractivity contribution >= 4 is 11.3 Å². The lowest BCUT2D eigenvalue weighted by atomic mass is 10.0. The number of hydrogen-bond acceptors (Lipinski definition) is 4. The monoisotopic (exact) mass is 253 g/mol. The highest BCUT2D eigenvalue weighted by atomic mass is 32.1. The van der Waals surface area contributed by atoms with Crippen molar-refractivity contribution < 1.29 is 0 Å². The molecular formula is C13H23N3S. The molecule has 1 unspecified atom stereocenters. The van der Waals surface area contributed by atoms with Gasteiger partial charge in [0.2, 0.25) is 0 Å². The standard InChI is InChI=1S/C13H23N3S/c1-10(2)14-12-5-4-6-16(7-12)8-13-9-17-11(3)15-13/h9-10,12,14H,4-8H2,1-3H3. The van der Waals surface area contributed by atoms with E-state index in [-0.39, 0.29) is 0 Å². The number of nitrogens with zero attached hydrogens (tertiary/aromatic N) is 2. The maximum Gasteiger partial charge on any atom is 0.0897 e. The Morgan fingerprint density at radius 1 is 1.59 bits per heavy atom. The molecule has 1 aromatic heterocycles. The molecule has 1 aromatic rings. The number of rotatable bonds is 4. The average molecular weight is 253 g/mol. The summed E-state index contributed by atoms with van der Waals surface area (Å²) in [5, 5.41) is 7.01. The van der Waals surface area contributed by atoms with Crippen LogP contribution in [0.4, 0.5) is 0 Å². The predicted molar refractivity (Wildman–Crippen MR) is 73.4 cm³/mol. The molecule has 1 fully saturated rings. The van der Waals surface area contributed by atoms with Crippen molar-refractivity contribution in [2.24, 2.45) is 0 Å². The Hall–Kier alpha value is -0.450. The molecule has 1 N–H and O–H groups in total. The van der Waals surface area contributed by atoms with Crippen LogP contribution in [0.3, 0.4) is 0 Å². The van der Waals surface area contributed by atoms with Gasteiger partial charge in [0.1, 0.15) is 0 Å². The maximum absolute atomic E-state index is 4.55. The largest absolute Gasteiger partial charge is 0.311 e. The molecule has 2 rings (SSSR count). The number of aryl methyl sites for hydroxylation is 1. The Labute approximate surface area is 108 Å². The molecule has 3 nitrogen and oxygen atoms in total. The quantitative estimate of drug-likeness (QED) is 0.893. The average Bonchev–Trinajstić information content (AvgIpc) is 2.63. The Bertz CT molecular complexity index is 348. The van der Waals surface area contributed by atoms with Crippen LogP contribution in [0.25, 0.3) is 0 Å². The molecule has 96 valence electrons. The molecule has 0 bridgehead atoms. The molecule has 17 heavy (non-hydrogen) atoms. The van der Waals surface area contributed by atoms with Crippen LogP contribution >= 0.6 is 11.3 Å². The van der Waals surface area contributed by atoms with Crippen molar-refractivity contribution in [3.8, 4) is 0 Å². The summed E-state index contributed by atoms with van der Waals surface area (Å²) < 4.78 is 0. The third-order valence-electron chi connectivity index (χ3n) is 3.13. The summed E-state index contributed by atoms with van der Waals surface area (Å²) in [6.07, 6.45) is 2.61. The molecule has 1 saturated heterocycles. The van der Waals surface area contributed by atoms with Gasteiger partial charge in [0.15, 0.2) is 0 Å². The third-order valence-corrected chi connectivity index (χ3v) is 3.95. The van der Waals surface area contributed by atoms with E-state index in [1.54, 1.807) is 11.3 Å². The highest BCUT2D eigenvalue weighted by Gasteiger charge is 2.20. The molecule has 2 heterocycles. The summed E-state index contributed by atoms with van der Waals surface area (Å²) in [6, 6.07) is 1.24. The van der Waals surface area contributed by atoms with Crippen LogP contribution in [0.5, 0.6) is 0 Å². The zero-order chi connectivity index (χ0) is 12.3. The van der Waals surface area contributed by atoms with Gasteiger partial charge < -0.3 is 5.32 Å². The lowest BCUT2D eigenvalue weighted by Gasteiger charge is -2.33. The van der Waals surface area contributed by atoms with Crippen LogP contribution in [0.1, 0.15) is 37.4 Å². The zero-order valence-corrected chi connectivity index (χ0v) is 11.9. The second-order valence-corrected chi connectivity index (χ2v) is 6.32. The van der Waals surface area contributed by atoms with Crippen molar-refractivity contribution in [2.45, 2.75) is 52.2 Å². The highest BCUT2D eigenvalue weighted by Crippen LogP contribution is 2.15. The number of nitrogens with one attached hydrogen (secondary N) is 1. The van der Waals surface area contributed by atoms with Gasteiger partial charge in [-0.2, -0.15) is 0 Å². The van der Waals surface area contributed by atoms with E-state index in [9.17, 15) is 0 Å². The molecule has 0 radical (unpaired) electrons. The van der Waals surface area contributed by atoms with Gasteiger partial charge in [-0.1, -0.05) is 13.8 Å². The molecule has 0 saturated carbocycles. The lowest BCUT2D eigenvalue weighted by molar-refractivity contribution is 0.177. The Morgan fingerprint density at radius 3 is 3.06 bits per heavy atom. The van der Waals surface area contributed by atoms with E-state index in [4.69, 9.17) is 0 Å². The van der Waals surface area contributed by atoms with Crippen LogP contribution in [-0.2, 0) is 6.54 Å². The van der Waals surface area contributed by atoms with Gasteiger partial charge in [-0.3, -0.25) is 4.90 Å². The van der Waals surface area contributed by atoms with Crippen molar-refractivity contribution in [1.29, 1.82) is 0 Å². The zero-order valence-electron chi connectivity index (χ0n) is 11.1. The van der Waals surface area contributed by atoms with E-state index in [1.165, 1.54) is 30.1 Å². The second-order valence-electron chi connectivity index (χ2n) is 5.25. The van der Waals surface area contributed by atoms with Gasteiger partial charge in [0, 0.05) is 30.6 Å². The summed E-state index contributed by atoms with van der Waals surface area (Å²) in [4.78, 5) is 7.07. The molecule has 0 spiro atoms. The first-order valence-electron chi connectivity index (χ1n) is 6.53. The number of hydrogen-bond donors (Lipinski definition) is 1. The number of likely N-dealkylation sites (tertiary alicyclic amines) is 1. The molecule has 0 amide bonds. The molecule has 0 aromatic carbocycles. The van der Waals surface area contributed by atoms with Crippen LogP contribution in [0.15, 0.2) is 5.38 Å². The van der Waals surface area contributed by atoms with E-state index in [0.29, 0.717) is 12.1 Å². The lowest BCUT2D eigenvalue weighted by Crippen LogP contribution is -2.47. The highest BCUT2D eigenvalue weighted by molar-refractivity contribution is 7.09. The van der Waals surface area contributed by atoms with Gasteiger partial charge in [-0.05, 0) is 26.3 Å². The topological polar surface area (TPSA) is 28.2 Å². The van der Waals surface area contributed by atoms with Gasteiger partial charge in [0.05, 0.1) is 10.7 Å². The van der Waals surface area contributed by atoms with E-state index in [2.05, 4.69) is 41.4 Å². The van der Waals surface area contributed by atoms with Gasteiger partial charge in [-0.15, -0.1) is 11.3 Å². The molecule has 1 atom stereocenters. The smallest absolute Gasteiger partial charge is 0.0897 e. The fourth-order valence-electron chi connectivity index (χ4n) is 2.52. The number of thiazole rings is 1. The van der Waals surface area contributed by atoms with Crippen LogP contribution in [-0.4, -0.2) is 35.1 Å². The number of piperidine rings is 1. The molecule has 4 heteroatoms. The van der Waals surface area contributed by atoms with Crippen LogP contribution in [0, 0.1) is 6.92 Å². The van der Waals surface area contributed by atoms with E-state index in [0.717, 1.165) is 13.1 Å². The van der Waals surface area contributed by atoms with E-state index in [1.807, 2.05) is 0 Å². The van der Waals surface area contributed by atoms with Gasteiger partial charge in [-0.25, -0.2) is 4.98 Å². The number of aromatic nitrogens is 1. The van der Waals surface area contributed by atoms with Gasteiger partial charge >= 0.3 is 0 Å². The first-order valence-corrected chi connectivity index (χ1v) is 7.41. The minimum Gasteiger partial charge on any atom is -0.311 e. The van der Waals surface area contributed by atoms with E-state index >= 15 is 0 Å². The summed E-state index contributed by atoms with van der Waals surface area (Å²) in [5.41, 5.74) is 1.23. The fraction of sp³-hybridized carbons (Fsp3) is 0.769. The van der Waals surface area contributed by atoms with Gasteiger partial charge in [0.25, 0.3) is 0 Å². The fourth-order valence-corrected chi connectivity index (χ4v) is 3.12. The first-order chi connectivity index (χ1) is 8.13. The maximum atomic E-state index is 4.55. The van der Waals surface area contributed by atoms with Crippen molar-refractivity contribution in [1.82, 2.24) is 15.2 Å². The molecule has 1 aliphatic heterocycles. The Kier molecular flexibility index (Phi) is 4.54. The third kappa shape index (κ3) is 4.05. The van der Waals surface area contributed by atoms with Crippen molar-refractivity contribution in [2.75, 3.05) is 13.1 Å². The predicted octanol–water partition coefficient (Wildman–Crippen LogP) is 2.41. The Morgan fingerprint density at radius 2 is 2.41 bits per heavy atom. The molecule has 1 aliphatic rings. The Balaban J connectivity index is 1.85. The summed E-state index contributed by atoms with van der Waals surface area (Å²) >= 11 is 1.75. The normalized spacial score (nSPS) is 22.2. The van der Waals surface area contributed by atoms with Crippen LogP contribution < -0.4 is 5.32 Å².